The van der Waals surface area contributed by atoms with Crippen molar-refractivity contribution in [3.63, 3.8) is 0 Å². The Bertz CT molecular complexity index is 863. The fourth-order valence-electron chi connectivity index (χ4n) is 2.45. The fourth-order valence-corrected chi connectivity index (χ4v) is 5.38. The van der Waals surface area contributed by atoms with Crippen LogP contribution in [-0.2, 0) is 10.0 Å². The average Bonchev–Trinajstić information content (AvgIpc) is 2.51. The van der Waals surface area contributed by atoms with Crippen molar-refractivity contribution in [3.05, 3.63) is 57.0 Å². The van der Waals surface area contributed by atoms with Crippen LogP contribution in [0.25, 0.3) is 0 Å². The molecule has 0 bridgehead atoms. The van der Waals surface area contributed by atoms with Gasteiger partial charge in [0.1, 0.15) is 4.90 Å². The van der Waals surface area contributed by atoms with Crippen LogP contribution in [0.15, 0.2) is 41.3 Å². The maximum atomic E-state index is 12.8. The number of hydrogen-bond acceptors (Lipinski definition) is 3. The summed E-state index contributed by atoms with van der Waals surface area (Å²) in [6.45, 7) is 6.30. The van der Waals surface area contributed by atoms with E-state index in [1.54, 1.807) is 0 Å². The van der Waals surface area contributed by atoms with Crippen LogP contribution in [0.1, 0.15) is 19.4 Å². The second kappa shape index (κ2) is 8.81. The quantitative estimate of drug-likeness (QED) is 0.614. The zero-order valence-electron chi connectivity index (χ0n) is 14.7. The zero-order valence-corrected chi connectivity index (χ0v) is 17.8. The lowest BCUT2D eigenvalue weighted by molar-refractivity contribution is 0.463. The van der Waals surface area contributed by atoms with E-state index in [0.717, 1.165) is 11.3 Å². The predicted molar refractivity (Wildman–Crippen MR) is 110 cm³/mol. The molecule has 4 nitrogen and oxygen atoms in total. The standard InChI is InChI=1S/C18H21Cl3N2O2S/c1-11(2)17(10-22-16-7-5-4-6-12(16)3)23-26(24,25)18-14(20)8-13(19)9-15(18)21/h4-9,11,17,22-23H,10H2,1-3H3. The molecule has 1 unspecified atom stereocenters. The first-order valence-corrected chi connectivity index (χ1v) is 10.7. The zero-order chi connectivity index (χ0) is 19.5. The normalized spacial score (nSPS) is 13.0. The van der Waals surface area contributed by atoms with Gasteiger partial charge < -0.3 is 5.32 Å². The van der Waals surface area contributed by atoms with Gasteiger partial charge >= 0.3 is 0 Å². The Hall–Kier alpha value is -0.980. The number of para-hydroxylation sites is 1. The maximum absolute atomic E-state index is 12.8. The Morgan fingerprint density at radius 1 is 1.04 bits per heavy atom. The highest BCUT2D eigenvalue weighted by molar-refractivity contribution is 7.89. The molecule has 0 saturated heterocycles. The van der Waals surface area contributed by atoms with Gasteiger partial charge in [-0.25, -0.2) is 13.1 Å². The van der Waals surface area contributed by atoms with Crippen LogP contribution in [-0.4, -0.2) is 21.0 Å². The van der Waals surface area contributed by atoms with E-state index in [4.69, 9.17) is 34.8 Å². The van der Waals surface area contributed by atoms with E-state index in [2.05, 4.69) is 10.0 Å². The molecule has 0 aliphatic rings. The number of benzene rings is 2. The van der Waals surface area contributed by atoms with E-state index in [9.17, 15) is 8.42 Å². The van der Waals surface area contributed by atoms with Crippen LogP contribution >= 0.6 is 34.8 Å². The van der Waals surface area contributed by atoms with Crippen LogP contribution < -0.4 is 10.0 Å². The molecule has 0 saturated carbocycles. The average molecular weight is 436 g/mol. The molecular weight excluding hydrogens is 415 g/mol. The van der Waals surface area contributed by atoms with Gasteiger partial charge in [0.2, 0.25) is 10.0 Å². The number of hydrogen-bond donors (Lipinski definition) is 2. The number of sulfonamides is 1. The molecule has 0 radical (unpaired) electrons. The highest BCUT2D eigenvalue weighted by Gasteiger charge is 2.27. The minimum Gasteiger partial charge on any atom is -0.383 e. The van der Waals surface area contributed by atoms with Crippen molar-refractivity contribution in [2.24, 2.45) is 5.92 Å². The SMILES string of the molecule is Cc1ccccc1NCC(NS(=O)(=O)c1c(Cl)cc(Cl)cc1Cl)C(C)C. The Morgan fingerprint density at radius 3 is 2.15 bits per heavy atom. The first kappa shape index (κ1) is 21.3. The van der Waals surface area contributed by atoms with Gasteiger partial charge in [-0.05, 0) is 36.6 Å². The molecule has 0 aliphatic heterocycles. The van der Waals surface area contributed by atoms with E-state index < -0.39 is 10.0 Å². The summed E-state index contributed by atoms with van der Waals surface area (Å²) in [7, 11) is -3.91. The van der Waals surface area contributed by atoms with Gasteiger partial charge in [0.05, 0.1) is 10.0 Å². The third-order valence-corrected chi connectivity index (χ3v) is 6.63. The maximum Gasteiger partial charge on any atom is 0.243 e. The van der Waals surface area contributed by atoms with Crippen molar-refractivity contribution < 1.29 is 8.42 Å². The number of halogens is 3. The van der Waals surface area contributed by atoms with Crippen LogP contribution in [0.5, 0.6) is 0 Å². The second-order valence-corrected chi connectivity index (χ2v) is 9.27. The smallest absolute Gasteiger partial charge is 0.243 e. The van der Waals surface area contributed by atoms with E-state index in [-0.39, 0.29) is 31.9 Å². The summed E-state index contributed by atoms with van der Waals surface area (Å²) >= 11 is 18.0. The molecule has 2 rings (SSSR count). The van der Waals surface area contributed by atoms with Crippen LogP contribution in [0, 0.1) is 12.8 Å². The second-order valence-electron chi connectivity index (χ2n) is 6.37. The lowest BCUT2D eigenvalue weighted by atomic mass is 10.1. The van der Waals surface area contributed by atoms with Crippen LogP contribution in [0.3, 0.4) is 0 Å². The molecule has 26 heavy (non-hydrogen) atoms. The molecule has 0 fully saturated rings. The monoisotopic (exact) mass is 434 g/mol. The number of anilines is 1. The summed E-state index contributed by atoms with van der Waals surface area (Å²) in [6, 6.07) is 10.2. The summed E-state index contributed by atoms with van der Waals surface area (Å²) in [5.41, 5.74) is 2.04. The largest absolute Gasteiger partial charge is 0.383 e. The van der Waals surface area contributed by atoms with Gasteiger partial charge in [-0.3, -0.25) is 0 Å². The molecule has 2 aromatic rings. The first-order chi connectivity index (χ1) is 12.1. The lowest BCUT2D eigenvalue weighted by Crippen LogP contribution is -2.43. The van der Waals surface area contributed by atoms with Crippen LogP contribution in [0.2, 0.25) is 15.1 Å². The molecule has 2 aromatic carbocycles. The highest BCUT2D eigenvalue weighted by Crippen LogP contribution is 2.33. The van der Waals surface area contributed by atoms with Gasteiger partial charge in [-0.15, -0.1) is 0 Å². The molecule has 1 atom stereocenters. The van der Waals surface area contributed by atoms with E-state index in [0.29, 0.717) is 6.54 Å². The Labute approximate surface area is 169 Å². The van der Waals surface area contributed by atoms with E-state index in [1.165, 1.54) is 12.1 Å². The number of aryl methyl sites for hydroxylation is 1. The number of rotatable bonds is 7. The van der Waals surface area contributed by atoms with Crippen molar-refractivity contribution in [2.45, 2.75) is 31.7 Å². The van der Waals surface area contributed by atoms with E-state index in [1.807, 2.05) is 45.0 Å². The molecule has 0 spiro atoms. The van der Waals surface area contributed by atoms with Crippen molar-refractivity contribution in [2.75, 3.05) is 11.9 Å². The first-order valence-electron chi connectivity index (χ1n) is 8.08. The topological polar surface area (TPSA) is 58.2 Å². The number of nitrogens with one attached hydrogen (secondary N) is 2. The molecule has 0 aromatic heterocycles. The Balaban J connectivity index is 2.23. The fraction of sp³-hybridized carbons (Fsp3) is 0.333. The third-order valence-electron chi connectivity index (χ3n) is 4.00. The third kappa shape index (κ3) is 5.27. The highest BCUT2D eigenvalue weighted by atomic mass is 35.5. The summed E-state index contributed by atoms with van der Waals surface area (Å²) in [5, 5.41) is 3.55. The molecule has 0 aliphatic carbocycles. The minimum absolute atomic E-state index is 0.00984. The van der Waals surface area contributed by atoms with Crippen molar-refractivity contribution in [3.8, 4) is 0 Å². The van der Waals surface area contributed by atoms with Crippen molar-refractivity contribution in [1.29, 1.82) is 0 Å². The molecular formula is C18H21Cl3N2O2S. The molecule has 8 heteroatoms. The predicted octanol–water partition coefficient (Wildman–Crippen LogP) is 5.37. The summed E-state index contributed by atoms with van der Waals surface area (Å²) in [5.74, 6) is 0.0474. The Kier molecular flexibility index (Phi) is 7.22. The summed E-state index contributed by atoms with van der Waals surface area (Å²) < 4.78 is 28.4. The van der Waals surface area contributed by atoms with Gasteiger partial charge in [-0.2, -0.15) is 0 Å². The van der Waals surface area contributed by atoms with Gasteiger partial charge in [-0.1, -0.05) is 66.8 Å². The Morgan fingerprint density at radius 2 is 1.62 bits per heavy atom. The van der Waals surface area contributed by atoms with Gasteiger partial charge in [0.15, 0.2) is 0 Å². The van der Waals surface area contributed by atoms with Crippen LogP contribution in [0.4, 0.5) is 5.69 Å². The van der Waals surface area contributed by atoms with E-state index >= 15 is 0 Å². The molecule has 2 N–H and O–H groups in total. The summed E-state index contributed by atoms with van der Waals surface area (Å²) in [6.07, 6.45) is 0. The summed E-state index contributed by atoms with van der Waals surface area (Å²) in [4.78, 5) is -0.160. The molecule has 142 valence electrons. The van der Waals surface area contributed by atoms with Crippen molar-refractivity contribution >= 4 is 50.5 Å². The molecule has 0 amide bonds. The van der Waals surface area contributed by atoms with Crippen molar-refractivity contribution in [1.82, 2.24) is 4.72 Å². The van der Waals surface area contributed by atoms with Gasteiger partial charge in [0, 0.05) is 23.3 Å². The molecule has 0 heterocycles. The minimum atomic E-state index is -3.91. The van der Waals surface area contributed by atoms with Gasteiger partial charge in [0.25, 0.3) is 0 Å². The lowest BCUT2D eigenvalue weighted by Gasteiger charge is -2.24.